The quantitative estimate of drug-likeness (QED) is 0.851. The first kappa shape index (κ1) is 13.7. The van der Waals surface area contributed by atoms with Crippen LogP contribution in [0.25, 0.3) is 0 Å². The summed E-state index contributed by atoms with van der Waals surface area (Å²) in [5, 5.41) is 2.83. The summed E-state index contributed by atoms with van der Waals surface area (Å²) in [6, 6.07) is 13.0. The fourth-order valence-electron chi connectivity index (χ4n) is 1.78. The number of anilines is 1. The molecular formula is C14H14BrN3O. The van der Waals surface area contributed by atoms with Crippen molar-refractivity contribution in [3.63, 3.8) is 0 Å². The number of benzene rings is 1. The van der Waals surface area contributed by atoms with Crippen LogP contribution in [0.4, 0.5) is 5.69 Å². The van der Waals surface area contributed by atoms with Crippen molar-refractivity contribution in [2.45, 2.75) is 5.92 Å². The highest BCUT2D eigenvalue weighted by Gasteiger charge is 2.19. The highest BCUT2D eigenvalue weighted by atomic mass is 79.9. The summed E-state index contributed by atoms with van der Waals surface area (Å²) in [4.78, 5) is 16.3. The number of rotatable bonds is 4. The summed E-state index contributed by atoms with van der Waals surface area (Å²) in [6.07, 6.45) is 1.65. The van der Waals surface area contributed by atoms with Gasteiger partial charge < -0.3 is 11.1 Å². The SMILES string of the molecule is NCC(C(=O)Nc1cccnc1Br)c1ccccc1. The normalized spacial score (nSPS) is 11.9. The number of carbonyl (C=O) groups excluding carboxylic acids is 1. The Kier molecular flexibility index (Phi) is 4.65. The van der Waals surface area contributed by atoms with E-state index < -0.39 is 0 Å². The Morgan fingerprint density at radius 3 is 2.63 bits per heavy atom. The summed E-state index contributed by atoms with van der Waals surface area (Å²) < 4.78 is 0.604. The molecule has 0 aliphatic rings. The predicted molar refractivity (Wildman–Crippen MR) is 78.8 cm³/mol. The van der Waals surface area contributed by atoms with E-state index in [0.29, 0.717) is 10.3 Å². The number of nitrogens with two attached hydrogens (primary N) is 1. The van der Waals surface area contributed by atoms with Crippen LogP contribution in [0.5, 0.6) is 0 Å². The maximum Gasteiger partial charge on any atom is 0.233 e. The molecule has 0 bridgehead atoms. The first-order valence-electron chi connectivity index (χ1n) is 5.88. The van der Waals surface area contributed by atoms with Crippen LogP contribution in [0, 0.1) is 0 Å². The van der Waals surface area contributed by atoms with Crippen LogP contribution in [0.2, 0.25) is 0 Å². The van der Waals surface area contributed by atoms with E-state index in [1.807, 2.05) is 30.3 Å². The summed E-state index contributed by atoms with van der Waals surface area (Å²) in [5.74, 6) is -0.504. The second-order valence-electron chi connectivity index (χ2n) is 4.03. The number of halogens is 1. The third kappa shape index (κ3) is 3.39. The van der Waals surface area contributed by atoms with Crippen LogP contribution < -0.4 is 11.1 Å². The van der Waals surface area contributed by atoms with Gasteiger partial charge in [-0.1, -0.05) is 30.3 Å². The Labute approximate surface area is 120 Å². The van der Waals surface area contributed by atoms with Gasteiger partial charge in [0.15, 0.2) is 0 Å². The molecule has 0 aliphatic heterocycles. The number of nitrogens with zero attached hydrogens (tertiary/aromatic N) is 1. The van der Waals surface area contributed by atoms with Crippen molar-refractivity contribution in [2.24, 2.45) is 5.73 Å². The van der Waals surface area contributed by atoms with E-state index in [2.05, 4.69) is 26.2 Å². The van der Waals surface area contributed by atoms with Gasteiger partial charge >= 0.3 is 0 Å². The van der Waals surface area contributed by atoms with E-state index in [4.69, 9.17) is 5.73 Å². The number of pyridine rings is 1. The van der Waals surface area contributed by atoms with Crippen molar-refractivity contribution < 1.29 is 4.79 Å². The zero-order chi connectivity index (χ0) is 13.7. The number of amides is 1. The van der Waals surface area contributed by atoms with Crippen LogP contribution >= 0.6 is 15.9 Å². The summed E-state index contributed by atoms with van der Waals surface area (Å²) in [7, 11) is 0. The monoisotopic (exact) mass is 319 g/mol. The first-order valence-corrected chi connectivity index (χ1v) is 6.68. The number of nitrogens with one attached hydrogen (secondary N) is 1. The summed E-state index contributed by atoms with van der Waals surface area (Å²) in [5.41, 5.74) is 7.25. The topological polar surface area (TPSA) is 68.0 Å². The zero-order valence-corrected chi connectivity index (χ0v) is 11.8. The molecule has 1 aromatic carbocycles. The molecule has 1 atom stereocenters. The van der Waals surface area contributed by atoms with Gasteiger partial charge in [0.25, 0.3) is 0 Å². The first-order chi connectivity index (χ1) is 9.22. The Bertz CT molecular complexity index is 560. The molecular weight excluding hydrogens is 306 g/mol. The number of hydrogen-bond acceptors (Lipinski definition) is 3. The molecule has 1 amide bonds. The van der Waals surface area contributed by atoms with E-state index in [0.717, 1.165) is 5.56 Å². The van der Waals surface area contributed by atoms with Crippen molar-refractivity contribution in [3.8, 4) is 0 Å². The van der Waals surface area contributed by atoms with Crippen LogP contribution in [0.1, 0.15) is 11.5 Å². The third-order valence-corrected chi connectivity index (χ3v) is 3.40. The number of carbonyl (C=O) groups is 1. The molecule has 19 heavy (non-hydrogen) atoms. The van der Waals surface area contributed by atoms with Crippen molar-refractivity contribution in [1.29, 1.82) is 0 Å². The minimum Gasteiger partial charge on any atom is -0.329 e. The Morgan fingerprint density at radius 2 is 2.00 bits per heavy atom. The van der Waals surface area contributed by atoms with Gasteiger partial charge in [0, 0.05) is 12.7 Å². The molecule has 4 nitrogen and oxygen atoms in total. The van der Waals surface area contributed by atoms with Crippen molar-refractivity contribution in [2.75, 3.05) is 11.9 Å². The lowest BCUT2D eigenvalue weighted by Crippen LogP contribution is -2.27. The van der Waals surface area contributed by atoms with Crippen LogP contribution in [-0.2, 0) is 4.79 Å². The second-order valence-corrected chi connectivity index (χ2v) is 4.78. The van der Waals surface area contributed by atoms with Gasteiger partial charge in [-0.2, -0.15) is 0 Å². The molecule has 0 saturated carbocycles. The van der Waals surface area contributed by atoms with Gasteiger partial charge in [-0.05, 0) is 33.6 Å². The average Bonchev–Trinajstić information content (AvgIpc) is 2.43. The molecule has 1 unspecified atom stereocenters. The van der Waals surface area contributed by atoms with Crippen molar-refractivity contribution in [3.05, 3.63) is 58.8 Å². The lowest BCUT2D eigenvalue weighted by atomic mass is 9.98. The predicted octanol–water partition coefficient (Wildman–Crippen LogP) is 2.53. The third-order valence-electron chi connectivity index (χ3n) is 2.77. The van der Waals surface area contributed by atoms with Gasteiger partial charge in [-0.25, -0.2) is 4.98 Å². The van der Waals surface area contributed by atoms with Gasteiger partial charge in [-0.3, -0.25) is 4.79 Å². The molecule has 98 valence electrons. The molecule has 1 aromatic heterocycles. The minimum atomic E-state index is -0.367. The highest BCUT2D eigenvalue weighted by molar-refractivity contribution is 9.10. The molecule has 2 rings (SSSR count). The average molecular weight is 320 g/mol. The van der Waals surface area contributed by atoms with Gasteiger partial charge in [0.2, 0.25) is 5.91 Å². The van der Waals surface area contributed by atoms with E-state index in [1.54, 1.807) is 18.3 Å². The highest BCUT2D eigenvalue weighted by Crippen LogP contribution is 2.21. The fraction of sp³-hybridized carbons (Fsp3) is 0.143. The van der Waals surface area contributed by atoms with Crippen LogP contribution in [0.3, 0.4) is 0 Å². The molecule has 0 radical (unpaired) electrons. The molecule has 2 aromatic rings. The van der Waals surface area contributed by atoms with E-state index in [-0.39, 0.29) is 18.4 Å². The Morgan fingerprint density at radius 1 is 1.26 bits per heavy atom. The lowest BCUT2D eigenvalue weighted by molar-refractivity contribution is -0.117. The Hall–Kier alpha value is -1.72. The molecule has 0 aliphatic carbocycles. The molecule has 0 fully saturated rings. The number of aromatic nitrogens is 1. The Balaban J connectivity index is 2.17. The maximum atomic E-state index is 12.3. The second kappa shape index (κ2) is 6.45. The summed E-state index contributed by atoms with van der Waals surface area (Å²) in [6.45, 7) is 0.258. The molecule has 3 N–H and O–H groups in total. The smallest absolute Gasteiger partial charge is 0.233 e. The molecule has 1 heterocycles. The molecule has 0 saturated heterocycles. The van der Waals surface area contributed by atoms with Crippen molar-refractivity contribution in [1.82, 2.24) is 4.98 Å². The van der Waals surface area contributed by atoms with E-state index in [9.17, 15) is 4.79 Å². The molecule has 5 heteroatoms. The summed E-state index contributed by atoms with van der Waals surface area (Å²) >= 11 is 3.29. The maximum absolute atomic E-state index is 12.3. The zero-order valence-electron chi connectivity index (χ0n) is 10.2. The number of hydrogen-bond donors (Lipinski definition) is 2. The van der Waals surface area contributed by atoms with E-state index >= 15 is 0 Å². The van der Waals surface area contributed by atoms with E-state index in [1.165, 1.54) is 0 Å². The van der Waals surface area contributed by atoms with Crippen LogP contribution in [0.15, 0.2) is 53.3 Å². The largest absolute Gasteiger partial charge is 0.329 e. The fourth-order valence-corrected chi connectivity index (χ4v) is 2.13. The van der Waals surface area contributed by atoms with Gasteiger partial charge in [0.05, 0.1) is 11.6 Å². The minimum absolute atomic E-state index is 0.137. The van der Waals surface area contributed by atoms with Crippen LogP contribution in [-0.4, -0.2) is 17.4 Å². The van der Waals surface area contributed by atoms with Crippen molar-refractivity contribution >= 4 is 27.5 Å². The van der Waals surface area contributed by atoms with Gasteiger partial charge in [0.1, 0.15) is 4.60 Å². The van der Waals surface area contributed by atoms with Gasteiger partial charge in [-0.15, -0.1) is 0 Å². The molecule has 0 spiro atoms. The lowest BCUT2D eigenvalue weighted by Gasteiger charge is -2.15. The standard InChI is InChI=1S/C14H14BrN3O/c15-13-12(7-4-8-17-13)18-14(19)11(9-16)10-5-2-1-3-6-10/h1-8,11H,9,16H2,(H,18,19).